The van der Waals surface area contributed by atoms with Crippen LogP contribution in [0, 0.1) is 0 Å². The molecule has 11 aromatic rings. The Morgan fingerprint density at radius 1 is 0.315 bits per heavy atom. The lowest BCUT2D eigenvalue weighted by molar-refractivity contribution is 1.08. The summed E-state index contributed by atoms with van der Waals surface area (Å²) >= 11 is 0. The first-order valence-electron chi connectivity index (χ1n) is 18.5. The van der Waals surface area contributed by atoms with Crippen molar-refractivity contribution in [1.82, 2.24) is 14.1 Å². The minimum absolute atomic E-state index is 0.893. The lowest BCUT2D eigenvalue weighted by atomic mass is 9.94. The fourth-order valence-corrected chi connectivity index (χ4v) is 8.50. The number of hydrogen-bond acceptors (Lipinski definition) is 1. The molecule has 0 fully saturated rings. The molecule has 0 amide bonds. The van der Waals surface area contributed by atoms with Gasteiger partial charge in [0.25, 0.3) is 0 Å². The third kappa shape index (κ3) is 4.72. The maximum Gasteiger partial charge on any atom is 0.138 e. The van der Waals surface area contributed by atoms with Crippen LogP contribution in [0.4, 0.5) is 0 Å². The van der Waals surface area contributed by atoms with Crippen LogP contribution in [0.3, 0.4) is 0 Å². The van der Waals surface area contributed by atoms with Gasteiger partial charge in [-0.25, -0.2) is 4.98 Å². The Balaban J connectivity index is 1.22. The van der Waals surface area contributed by atoms with Crippen LogP contribution in [0.5, 0.6) is 0 Å². The number of rotatable bonds is 5. The topological polar surface area (TPSA) is 22.8 Å². The molecule has 3 heterocycles. The van der Waals surface area contributed by atoms with Gasteiger partial charge in [0.15, 0.2) is 0 Å². The zero-order chi connectivity index (χ0) is 35.6. The van der Waals surface area contributed by atoms with Gasteiger partial charge in [-0.15, -0.1) is 0 Å². The minimum Gasteiger partial charge on any atom is -0.309 e. The van der Waals surface area contributed by atoms with Crippen molar-refractivity contribution in [2.45, 2.75) is 0 Å². The summed E-state index contributed by atoms with van der Waals surface area (Å²) in [5, 5.41) is 7.39. The van der Waals surface area contributed by atoms with Crippen molar-refractivity contribution in [2.75, 3.05) is 0 Å². The maximum atomic E-state index is 5.42. The fraction of sp³-hybridized carbons (Fsp3) is 0. The Kier molecular flexibility index (Phi) is 6.86. The van der Waals surface area contributed by atoms with Gasteiger partial charge >= 0.3 is 0 Å². The fourth-order valence-electron chi connectivity index (χ4n) is 8.50. The Labute approximate surface area is 312 Å². The molecule has 0 saturated carbocycles. The van der Waals surface area contributed by atoms with E-state index in [0.29, 0.717) is 0 Å². The summed E-state index contributed by atoms with van der Waals surface area (Å²) in [6, 6.07) is 72.0. The molecule has 0 radical (unpaired) electrons. The van der Waals surface area contributed by atoms with Crippen molar-refractivity contribution >= 4 is 54.4 Å². The van der Waals surface area contributed by atoms with Gasteiger partial charge in [0, 0.05) is 32.8 Å². The third-order valence-corrected chi connectivity index (χ3v) is 10.9. The molecule has 54 heavy (non-hydrogen) atoms. The second kappa shape index (κ2) is 12.2. The Morgan fingerprint density at radius 2 is 0.889 bits per heavy atom. The summed E-state index contributed by atoms with van der Waals surface area (Å²) in [7, 11) is 0. The van der Waals surface area contributed by atoms with Crippen molar-refractivity contribution in [3.63, 3.8) is 0 Å². The number of benzene rings is 8. The molecular formula is C51H33N3. The molecule has 8 aromatic carbocycles. The monoisotopic (exact) mass is 687 g/mol. The molecule has 3 aromatic heterocycles. The molecule has 0 spiro atoms. The van der Waals surface area contributed by atoms with Gasteiger partial charge in [-0.2, -0.15) is 0 Å². The number of pyridine rings is 1. The average Bonchev–Trinajstić information content (AvgIpc) is 3.77. The molecular weight excluding hydrogens is 655 g/mol. The van der Waals surface area contributed by atoms with Crippen LogP contribution in [0.15, 0.2) is 200 Å². The van der Waals surface area contributed by atoms with Crippen LogP contribution >= 0.6 is 0 Å². The van der Waals surface area contributed by atoms with Crippen LogP contribution in [0.1, 0.15) is 0 Å². The number of fused-ring (bicyclic) bond motifs is 8. The van der Waals surface area contributed by atoms with Crippen LogP contribution in [0.25, 0.3) is 99.4 Å². The summed E-state index contributed by atoms with van der Waals surface area (Å²) < 4.78 is 4.75. The van der Waals surface area contributed by atoms with Crippen molar-refractivity contribution < 1.29 is 0 Å². The van der Waals surface area contributed by atoms with Crippen molar-refractivity contribution in [3.05, 3.63) is 200 Å². The molecule has 0 atom stereocenters. The van der Waals surface area contributed by atoms with Crippen molar-refractivity contribution in [3.8, 4) is 45.0 Å². The SMILES string of the molecule is c1ccc(-c2cc(-c3ccccc3)nc(-n3c4ccccc4c4c5ccccc5c(-c5ccc6c(c5)c5ccccc5n6-c5ccccc5)cc43)c2)cc1. The van der Waals surface area contributed by atoms with Gasteiger partial charge in [0.05, 0.1) is 27.8 Å². The van der Waals surface area contributed by atoms with E-state index in [1.54, 1.807) is 0 Å². The van der Waals surface area contributed by atoms with Crippen LogP contribution in [-0.2, 0) is 0 Å². The van der Waals surface area contributed by atoms with Gasteiger partial charge in [0.1, 0.15) is 5.82 Å². The summed E-state index contributed by atoms with van der Waals surface area (Å²) in [6.45, 7) is 0. The third-order valence-electron chi connectivity index (χ3n) is 10.9. The van der Waals surface area contributed by atoms with Crippen molar-refractivity contribution in [1.29, 1.82) is 0 Å². The lowest BCUT2D eigenvalue weighted by Gasteiger charge is -2.14. The van der Waals surface area contributed by atoms with Crippen molar-refractivity contribution in [2.24, 2.45) is 0 Å². The molecule has 0 unspecified atom stereocenters. The van der Waals surface area contributed by atoms with E-state index in [9.17, 15) is 0 Å². The number of hydrogen-bond donors (Lipinski definition) is 0. The van der Waals surface area contributed by atoms with Crippen LogP contribution in [0.2, 0.25) is 0 Å². The van der Waals surface area contributed by atoms with E-state index in [4.69, 9.17) is 4.98 Å². The highest BCUT2D eigenvalue weighted by molar-refractivity contribution is 6.24. The highest BCUT2D eigenvalue weighted by atomic mass is 15.1. The first kappa shape index (κ1) is 30.4. The predicted octanol–water partition coefficient (Wildman–Crippen LogP) is 13.4. The maximum absolute atomic E-state index is 5.42. The molecule has 0 saturated heterocycles. The number of nitrogens with zero attached hydrogens (tertiary/aromatic N) is 3. The van der Waals surface area contributed by atoms with Gasteiger partial charge < -0.3 is 4.57 Å². The normalized spacial score (nSPS) is 11.7. The van der Waals surface area contributed by atoms with Gasteiger partial charge in [-0.05, 0) is 87.6 Å². The molecule has 11 rings (SSSR count). The summed E-state index contributed by atoms with van der Waals surface area (Å²) in [5.74, 6) is 0.893. The molecule has 252 valence electrons. The number of para-hydroxylation sites is 3. The highest BCUT2D eigenvalue weighted by Gasteiger charge is 2.21. The van der Waals surface area contributed by atoms with E-state index in [0.717, 1.165) is 44.9 Å². The van der Waals surface area contributed by atoms with E-state index in [-0.39, 0.29) is 0 Å². The first-order valence-corrected chi connectivity index (χ1v) is 18.5. The standard InChI is InChI=1S/C51H33N3/c1-4-16-34(17-5-1)37-31-45(35-18-6-2-7-19-35)52-50(32-37)54-47-27-15-13-25-42(47)51-41-24-11-10-22-39(41)43(33-49(51)54)36-28-29-48-44(30-36)40-23-12-14-26-46(40)53(48)38-20-8-3-9-21-38/h1-33H. The largest absolute Gasteiger partial charge is 0.309 e. The molecule has 0 aliphatic carbocycles. The van der Waals surface area contributed by atoms with Gasteiger partial charge in [0.2, 0.25) is 0 Å². The molecule has 0 aliphatic heterocycles. The molecule has 3 nitrogen and oxygen atoms in total. The second-order valence-electron chi connectivity index (χ2n) is 14.0. The average molecular weight is 688 g/mol. The van der Waals surface area contributed by atoms with Gasteiger partial charge in [-0.1, -0.05) is 146 Å². The zero-order valence-corrected chi connectivity index (χ0v) is 29.4. The molecule has 0 N–H and O–H groups in total. The smallest absolute Gasteiger partial charge is 0.138 e. The summed E-state index contributed by atoms with van der Waals surface area (Å²) in [6.07, 6.45) is 0. The Morgan fingerprint density at radius 3 is 1.63 bits per heavy atom. The molecule has 0 aliphatic rings. The van der Waals surface area contributed by atoms with E-state index < -0.39 is 0 Å². The van der Waals surface area contributed by atoms with E-state index in [2.05, 4.69) is 209 Å². The van der Waals surface area contributed by atoms with Crippen LogP contribution in [-0.4, -0.2) is 14.1 Å². The van der Waals surface area contributed by atoms with E-state index in [1.807, 2.05) is 0 Å². The summed E-state index contributed by atoms with van der Waals surface area (Å²) in [5.41, 5.74) is 12.5. The first-order chi connectivity index (χ1) is 26.8. The zero-order valence-electron chi connectivity index (χ0n) is 29.4. The van der Waals surface area contributed by atoms with Crippen LogP contribution < -0.4 is 0 Å². The number of aromatic nitrogens is 3. The minimum atomic E-state index is 0.893. The molecule has 0 bridgehead atoms. The highest BCUT2D eigenvalue weighted by Crippen LogP contribution is 2.43. The second-order valence-corrected chi connectivity index (χ2v) is 14.0. The van der Waals surface area contributed by atoms with Gasteiger partial charge in [-0.3, -0.25) is 4.57 Å². The lowest BCUT2D eigenvalue weighted by Crippen LogP contribution is -2.00. The van der Waals surface area contributed by atoms with E-state index in [1.165, 1.54) is 54.5 Å². The molecule has 3 heteroatoms. The summed E-state index contributed by atoms with van der Waals surface area (Å²) in [4.78, 5) is 5.42. The van der Waals surface area contributed by atoms with E-state index >= 15 is 0 Å². The quantitative estimate of drug-likeness (QED) is 0.177. The Bertz CT molecular complexity index is 3130. The Hall–Kier alpha value is -7.23. The predicted molar refractivity (Wildman–Crippen MR) is 227 cm³/mol.